The van der Waals surface area contributed by atoms with Crippen LogP contribution in [0.4, 0.5) is 0 Å². The highest BCUT2D eigenvalue weighted by atomic mass is 14.5. The second kappa shape index (κ2) is 3.63. The third-order valence-corrected chi connectivity index (χ3v) is 4.83. The van der Waals surface area contributed by atoms with Gasteiger partial charge in [0.05, 0.1) is 0 Å². The van der Waals surface area contributed by atoms with Crippen molar-refractivity contribution in [1.29, 1.82) is 0 Å². The highest BCUT2D eigenvalue weighted by Gasteiger charge is 2.42. The molecule has 0 aliphatic heterocycles. The van der Waals surface area contributed by atoms with E-state index in [1.54, 1.807) is 6.42 Å². The molecule has 2 bridgehead atoms. The summed E-state index contributed by atoms with van der Waals surface area (Å²) in [5, 5.41) is 0. The first-order valence-corrected chi connectivity index (χ1v) is 6.24. The van der Waals surface area contributed by atoms with Gasteiger partial charge in [0.1, 0.15) is 0 Å². The first-order valence-electron chi connectivity index (χ1n) is 6.24. The molecule has 2 saturated carbocycles. The lowest BCUT2D eigenvalue weighted by molar-refractivity contribution is 0.204. The lowest BCUT2D eigenvalue weighted by Crippen LogP contribution is -2.20. The Hall–Kier alpha value is 0. The Bertz CT molecular complexity index is 173. The van der Waals surface area contributed by atoms with Gasteiger partial charge in [-0.15, -0.1) is 0 Å². The molecule has 2 rings (SSSR count). The monoisotopic (exact) mass is 180 g/mol. The smallest absolute Gasteiger partial charge is 0.0297 e. The molecule has 0 aromatic heterocycles. The molecule has 0 aromatic rings. The standard InChI is InChI=1S/C13H24/c1-3-13(2)10-11-7-5-4-6-8-12(13)9-11/h11-12H,3-10H2,1-2H3. The van der Waals surface area contributed by atoms with E-state index in [1.807, 2.05) is 0 Å². The first kappa shape index (κ1) is 9.55. The van der Waals surface area contributed by atoms with Crippen molar-refractivity contribution in [3.05, 3.63) is 0 Å². The molecule has 0 amide bonds. The summed E-state index contributed by atoms with van der Waals surface area (Å²) in [7, 11) is 0. The van der Waals surface area contributed by atoms with Crippen molar-refractivity contribution in [3.63, 3.8) is 0 Å². The zero-order chi connectivity index (χ0) is 9.31. The van der Waals surface area contributed by atoms with Crippen molar-refractivity contribution in [1.82, 2.24) is 0 Å². The molecule has 13 heavy (non-hydrogen) atoms. The Morgan fingerprint density at radius 3 is 2.69 bits per heavy atom. The van der Waals surface area contributed by atoms with Gasteiger partial charge >= 0.3 is 0 Å². The third kappa shape index (κ3) is 1.78. The van der Waals surface area contributed by atoms with Crippen LogP contribution in [0.5, 0.6) is 0 Å². The SMILES string of the molecule is CCC1(C)CC2CCCCCC1C2. The molecule has 3 unspecified atom stereocenters. The van der Waals surface area contributed by atoms with E-state index in [9.17, 15) is 0 Å². The summed E-state index contributed by atoms with van der Waals surface area (Å²) in [5.41, 5.74) is 0.717. The van der Waals surface area contributed by atoms with Gasteiger partial charge in [-0.05, 0) is 36.5 Å². The zero-order valence-electron chi connectivity index (χ0n) is 9.31. The summed E-state index contributed by atoms with van der Waals surface area (Å²) in [6, 6.07) is 0. The largest absolute Gasteiger partial charge is 0.0649 e. The number of rotatable bonds is 1. The predicted octanol–water partition coefficient (Wildman–Crippen LogP) is 4.39. The number of fused-ring (bicyclic) bond motifs is 2. The van der Waals surface area contributed by atoms with Gasteiger partial charge in [-0.1, -0.05) is 46.0 Å². The van der Waals surface area contributed by atoms with E-state index in [0.717, 1.165) is 17.3 Å². The van der Waals surface area contributed by atoms with Crippen molar-refractivity contribution in [2.24, 2.45) is 17.3 Å². The van der Waals surface area contributed by atoms with Crippen molar-refractivity contribution in [3.8, 4) is 0 Å². The normalized spacial score (nSPS) is 45.7. The lowest BCUT2D eigenvalue weighted by atomic mass is 9.75. The molecular weight excluding hydrogens is 156 g/mol. The molecule has 3 atom stereocenters. The molecule has 2 fully saturated rings. The van der Waals surface area contributed by atoms with Crippen LogP contribution in [0, 0.1) is 17.3 Å². The first-order chi connectivity index (χ1) is 6.24. The van der Waals surface area contributed by atoms with E-state index in [1.165, 1.54) is 44.9 Å². The molecule has 2 aliphatic rings. The highest BCUT2D eigenvalue weighted by molar-refractivity contribution is 4.92. The topological polar surface area (TPSA) is 0 Å². The van der Waals surface area contributed by atoms with Crippen molar-refractivity contribution in [2.75, 3.05) is 0 Å². The van der Waals surface area contributed by atoms with Crippen LogP contribution < -0.4 is 0 Å². The van der Waals surface area contributed by atoms with E-state index in [4.69, 9.17) is 0 Å². The van der Waals surface area contributed by atoms with Gasteiger partial charge in [-0.3, -0.25) is 0 Å². The van der Waals surface area contributed by atoms with Crippen LogP contribution in [-0.4, -0.2) is 0 Å². The van der Waals surface area contributed by atoms with E-state index in [2.05, 4.69) is 13.8 Å². The Labute approximate surface area is 83.1 Å². The Morgan fingerprint density at radius 1 is 1.15 bits per heavy atom. The number of hydrogen-bond acceptors (Lipinski definition) is 0. The van der Waals surface area contributed by atoms with Gasteiger partial charge in [0.25, 0.3) is 0 Å². The Balaban J connectivity index is 2.08. The predicted molar refractivity (Wildman–Crippen MR) is 57.7 cm³/mol. The average molecular weight is 180 g/mol. The fourth-order valence-corrected chi connectivity index (χ4v) is 3.72. The molecule has 0 radical (unpaired) electrons. The molecule has 0 heterocycles. The minimum absolute atomic E-state index is 0.717. The van der Waals surface area contributed by atoms with Gasteiger partial charge in [-0.25, -0.2) is 0 Å². The van der Waals surface area contributed by atoms with Gasteiger partial charge < -0.3 is 0 Å². The molecule has 76 valence electrons. The lowest BCUT2D eigenvalue weighted by Gasteiger charge is -2.30. The summed E-state index contributed by atoms with van der Waals surface area (Å²) in [4.78, 5) is 0. The highest BCUT2D eigenvalue weighted by Crippen LogP contribution is 2.52. The molecular formula is C13H24. The van der Waals surface area contributed by atoms with Crippen molar-refractivity contribution < 1.29 is 0 Å². The summed E-state index contributed by atoms with van der Waals surface area (Å²) < 4.78 is 0. The zero-order valence-corrected chi connectivity index (χ0v) is 9.31. The summed E-state index contributed by atoms with van der Waals surface area (Å²) in [6.07, 6.45) is 12.1. The average Bonchev–Trinajstić information content (AvgIpc) is 2.42. The number of hydrogen-bond donors (Lipinski definition) is 0. The molecule has 0 aromatic carbocycles. The molecule has 0 N–H and O–H groups in total. The van der Waals surface area contributed by atoms with Crippen LogP contribution in [0.25, 0.3) is 0 Å². The van der Waals surface area contributed by atoms with E-state index in [0.29, 0.717) is 0 Å². The summed E-state index contributed by atoms with van der Waals surface area (Å²) >= 11 is 0. The van der Waals surface area contributed by atoms with Gasteiger partial charge in [-0.2, -0.15) is 0 Å². The molecule has 0 saturated heterocycles. The van der Waals surface area contributed by atoms with Crippen LogP contribution in [0.1, 0.15) is 65.2 Å². The van der Waals surface area contributed by atoms with Crippen LogP contribution in [0.3, 0.4) is 0 Å². The molecule has 0 spiro atoms. The minimum atomic E-state index is 0.717. The molecule has 0 heteroatoms. The molecule has 2 aliphatic carbocycles. The van der Waals surface area contributed by atoms with E-state index < -0.39 is 0 Å². The fourth-order valence-electron chi connectivity index (χ4n) is 3.72. The maximum atomic E-state index is 2.54. The third-order valence-electron chi connectivity index (χ3n) is 4.83. The quantitative estimate of drug-likeness (QED) is 0.561. The van der Waals surface area contributed by atoms with Crippen LogP contribution >= 0.6 is 0 Å². The van der Waals surface area contributed by atoms with Crippen LogP contribution in [-0.2, 0) is 0 Å². The maximum absolute atomic E-state index is 2.54. The van der Waals surface area contributed by atoms with E-state index >= 15 is 0 Å². The van der Waals surface area contributed by atoms with Crippen LogP contribution in [0.2, 0.25) is 0 Å². The van der Waals surface area contributed by atoms with E-state index in [-0.39, 0.29) is 0 Å². The molecule has 0 nitrogen and oxygen atoms in total. The maximum Gasteiger partial charge on any atom is -0.0297 e. The van der Waals surface area contributed by atoms with Gasteiger partial charge in [0, 0.05) is 0 Å². The van der Waals surface area contributed by atoms with Crippen molar-refractivity contribution in [2.45, 2.75) is 65.2 Å². The Morgan fingerprint density at radius 2 is 1.92 bits per heavy atom. The van der Waals surface area contributed by atoms with Gasteiger partial charge in [0.15, 0.2) is 0 Å². The second-order valence-corrected chi connectivity index (χ2v) is 5.65. The Kier molecular flexibility index (Phi) is 2.67. The van der Waals surface area contributed by atoms with Crippen molar-refractivity contribution >= 4 is 0 Å². The minimum Gasteiger partial charge on any atom is -0.0649 e. The van der Waals surface area contributed by atoms with Crippen LogP contribution in [0.15, 0.2) is 0 Å². The van der Waals surface area contributed by atoms with Gasteiger partial charge in [0.2, 0.25) is 0 Å². The fraction of sp³-hybridized carbons (Fsp3) is 1.00. The summed E-state index contributed by atoms with van der Waals surface area (Å²) in [5.74, 6) is 2.16. The summed E-state index contributed by atoms with van der Waals surface area (Å²) in [6.45, 7) is 4.94. The second-order valence-electron chi connectivity index (χ2n) is 5.65.